The Morgan fingerprint density at radius 1 is 1.53 bits per heavy atom. The van der Waals surface area contributed by atoms with Gasteiger partial charge in [0.2, 0.25) is 0 Å². The molecular weight excluding hydrogens is 243 g/mol. The van der Waals surface area contributed by atoms with E-state index in [9.17, 15) is 9.18 Å². The first-order chi connectivity index (χ1) is 9.01. The third-order valence-corrected chi connectivity index (χ3v) is 3.11. The summed E-state index contributed by atoms with van der Waals surface area (Å²) in [5.41, 5.74) is 6.11. The largest absolute Gasteiger partial charge is 0.339 e. The van der Waals surface area contributed by atoms with Crippen molar-refractivity contribution in [3.8, 4) is 11.8 Å². The minimum Gasteiger partial charge on any atom is -0.339 e. The second-order valence-electron chi connectivity index (χ2n) is 4.37. The lowest BCUT2D eigenvalue weighted by Gasteiger charge is -2.24. The molecule has 102 valence electrons. The summed E-state index contributed by atoms with van der Waals surface area (Å²) in [6.07, 6.45) is 0.835. The Hall–Kier alpha value is -1.86. The third kappa shape index (κ3) is 3.80. The van der Waals surface area contributed by atoms with Gasteiger partial charge in [-0.1, -0.05) is 18.8 Å². The SMILES string of the molecule is CCC(C)N(C)C(=O)c1cc(F)ccc1C#CCN. The topological polar surface area (TPSA) is 46.3 Å². The summed E-state index contributed by atoms with van der Waals surface area (Å²) >= 11 is 0. The molecule has 1 amide bonds. The molecule has 4 heteroatoms. The average molecular weight is 262 g/mol. The molecule has 2 N–H and O–H groups in total. The van der Waals surface area contributed by atoms with Crippen LogP contribution in [0, 0.1) is 17.7 Å². The van der Waals surface area contributed by atoms with Crippen LogP contribution < -0.4 is 5.73 Å². The van der Waals surface area contributed by atoms with Crippen molar-refractivity contribution in [1.82, 2.24) is 4.90 Å². The molecule has 0 aliphatic rings. The monoisotopic (exact) mass is 262 g/mol. The molecule has 0 bridgehead atoms. The van der Waals surface area contributed by atoms with Crippen molar-refractivity contribution in [1.29, 1.82) is 0 Å². The number of nitrogens with zero attached hydrogens (tertiary/aromatic N) is 1. The number of carbonyl (C=O) groups is 1. The van der Waals surface area contributed by atoms with Gasteiger partial charge in [0, 0.05) is 18.7 Å². The summed E-state index contributed by atoms with van der Waals surface area (Å²) < 4.78 is 13.3. The number of carbonyl (C=O) groups excluding carboxylic acids is 1. The van der Waals surface area contributed by atoms with E-state index in [0.29, 0.717) is 5.56 Å². The van der Waals surface area contributed by atoms with Gasteiger partial charge in [-0.15, -0.1) is 0 Å². The van der Waals surface area contributed by atoms with E-state index in [1.54, 1.807) is 11.9 Å². The highest BCUT2D eigenvalue weighted by Gasteiger charge is 2.19. The molecule has 1 unspecified atom stereocenters. The fraction of sp³-hybridized carbons (Fsp3) is 0.400. The molecule has 19 heavy (non-hydrogen) atoms. The lowest BCUT2D eigenvalue weighted by atomic mass is 10.1. The number of nitrogens with two attached hydrogens (primary N) is 1. The van der Waals surface area contributed by atoms with E-state index in [2.05, 4.69) is 11.8 Å². The minimum absolute atomic E-state index is 0.0890. The zero-order valence-corrected chi connectivity index (χ0v) is 11.5. The van der Waals surface area contributed by atoms with Gasteiger partial charge in [-0.05, 0) is 31.5 Å². The van der Waals surface area contributed by atoms with Crippen LogP contribution in [-0.2, 0) is 0 Å². The molecule has 0 fully saturated rings. The molecule has 0 heterocycles. The average Bonchev–Trinajstić information content (AvgIpc) is 2.43. The van der Waals surface area contributed by atoms with E-state index in [-0.39, 0.29) is 24.1 Å². The Labute approximate surface area is 113 Å². The molecule has 0 aliphatic carbocycles. The Balaban J connectivity index is 3.17. The fourth-order valence-corrected chi connectivity index (χ4v) is 1.61. The number of rotatable bonds is 3. The predicted molar refractivity (Wildman–Crippen MR) is 74.2 cm³/mol. The molecule has 0 spiro atoms. The van der Waals surface area contributed by atoms with Crippen molar-refractivity contribution in [2.45, 2.75) is 26.3 Å². The van der Waals surface area contributed by atoms with Crippen LogP contribution in [0.15, 0.2) is 18.2 Å². The Kier molecular flexibility index (Phi) is 5.53. The molecule has 1 atom stereocenters. The van der Waals surface area contributed by atoms with Crippen LogP contribution in [0.4, 0.5) is 4.39 Å². The van der Waals surface area contributed by atoms with Gasteiger partial charge in [-0.2, -0.15) is 0 Å². The second kappa shape index (κ2) is 6.91. The van der Waals surface area contributed by atoms with Crippen molar-refractivity contribution in [3.63, 3.8) is 0 Å². The summed E-state index contributed by atoms with van der Waals surface area (Å²) in [6.45, 7) is 4.14. The first-order valence-electron chi connectivity index (χ1n) is 6.26. The normalized spacial score (nSPS) is 11.4. The Bertz CT molecular complexity index is 517. The van der Waals surface area contributed by atoms with Crippen molar-refractivity contribution < 1.29 is 9.18 Å². The highest BCUT2D eigenvalue weighted by atomic mass is 19.1. The van der Waals surface area contributed by atoms with Gasteiger partial charge in [-0.25, -0.2) is 4.39 Å². The molecule has 0 aliphatic heterocycles. The summed E-state index contributed by atoms with van der Waals surface area (Å²) in [6, 6.07) is 4.11. The van der Waals surface area contributed by atoms with E-state index in [1.165, 1.54) is 18.2 Å². The maximum atomic E-state index is 13.3. The minimum atomic E-state index is -0.445. The predicted octanol–water partition coefficient (Wildman–Crippen LogP) is 2.01. The lowest BCUT2D eigenvalue weighted by Crippen LogP contribution is -2.35. The van der Waals surface area contributed by atoms with E-state index in [1.807, 2.05) is 13.8 Å². The van der Waals surface area contributed by atoms with E-state index in [4.69, 9.17) is 5.73 Å². The molecular formula is C15H19FN2O. The summed E-state index contributed by atoms with van der Waals surface area (Å²) in [4.78, 5) is 13.9. The third-order valence-electron chi connectivity index (χ3n) is 3.11. The second-order valence-corrected chi connectivity index (χ2v) is 4.37. The Morgan fingerprint density at radius 3 is 2.79 bits per heavy atom. The van der Waals surface area contributed by atoms with Crippen LogP contribution in [0.5, 0.6) is 0 Å². The molecule has 0 saturated carbocycles. The zero-order valence-electron chi connectivity index (χ0n) is 11.5. The maximum absolute atomic E-state index is 13.3. The van der Waals surface area contributed by atoms with Crippen molar-refractivity contribution >= 4 is 5.91 Å². The summed E-state index contributed by atoms with van der Waals surface area (Å²) in [5.74, 6) is 4.82. The zero-order chi connectivity index (χ0) is 14.4. The highest BCUT2D eigenvalue weighted by molar-refractivity contribution is 5.96. The molecule has 0 saturated heterocycles. The van der Waals surface area contributed by atoms with Gasteiger partial charge in [0.15, 0.2) is 0 Å². The van der Waals surface area contributed by atoms with E-state index >= 15 is 0 Å². The van der Waals surface area contributed by atoms with Crippen LogP contribution in [-0.4, -0.2) is 30.4 Å². The summed E-state index contributed by atoms with van der Waals surface area (Å²) in [7, 11) is 1.71. The van der Waals surface area contributed by atoms with Crippen molar-refractivity contribution in [2.24, 2.45) is 5.73 Å². The van der Waals surface area contributed by atoms with Crippen molar-refractivity contribution in [2.75, 3.05) is 13.6 Å². The van der Waals surface area contributed by atoms with Crippen LogP contribution in [0.3, 0.4) is 0 Å². The molecule has 0 radical (unpaired) electrons. The standard InChI is InChI=1S/C15H19FN2O/c1-4-11(2)18(3)15(19)14-10-13(16)8-7-12(14)6-5-9-17/h7-8,10-11H,4,9,17H2,1-3H3. The van der Waals surface area contributed by atoms with Gasteiger partial charge in [-0.3, -0.25) is 4.79 Å². The molecule has 1 aromatic rings. The quantitative estimate of drug-likeness (QED) is 0.847. The smallest absolute Gasteiger partial charge is 0.255 e. The number of amides is 1. The molecule has 0 aromatic heterocycles. The molecule has 1 rings (SSSR count). The van der Waals surface area contributed by atoms with Crippen LogP contribution >= 0.6 is 0 Å². The highest BCUT2D eigenvalue weighted by Crippen LogP contribution is 2.15. The van der Waals surface area contributed by atoms with Gasteiger partial charge in [0.1, 0.15) is 5.82 Å². The van der Waals surface area contributed by atoms with Gasteiger partial charge < -0.3 is 10.6 Å². The van der Waals surface area contributed by atoms with Crippen LogP contribution in [0.1, 0.15) is 36.2 Å². The number of hydrogen-bond donors (Lipinski definition) is 1. The van der Waals surface area contributed by atoms with Gasteiger partial charge in [0.25, 0.3) is 5.91 Å². The first-order valence-corrected chi connectivity index (χ1v) is 6.26. The number of halogens is 1. The van der Waals surface area contributed by atoms with Crippen LogP contribution in [0.25, 0.3) is 0 Å². The van der Waals surface area contributed by atoms with Gasteiger partial charge >= 0.3 is 0 Å². The molecule has 1 aromatic carbocycles. The number of benzene rings is 1. The van der Waals surface area contributed by atoms with Gasteiger partial charge in [0.05, 0.1) is 12.1 Å². The van der Waals surface area contributed by atoms with E-state index in [0.717, 1.165) is 6.42 Å². The Morgan fingerprint density at radius 2 is 2.21 bits per heavy atom. The fourth-order valence-electron chi connectivity index (χ4n) is 1.61. The number of hydrogen-bond acceptors (Lipinski definition) is 2. The van der Waals surface area contributed by atoms with Crippen LogP contribution in [0.2, 0.25) is 0 Å². The first kappa shape index (κ1) is 15.2. The molecule has 3 nitrogen and oxygen atoms in total. The summed E-state index contributed by atoms with van der Waals surface area (Å²) in [5, 5.41) is 0. The maximum Gasteiger partial charge on any atom is 0.255 e. The lowest BCUT2D eigenvalue weighted by molar-refractivity contribution is 0.0740. The van der Waals surface area contributed by atoms with E-state index < -0.39 is 5.82 Å². The van der Waals surface area contributed by atoms with Crippen molar-refractivity contribution in [3.05, 3.63) is 35.1 Å².